The molecule has 0 aliphatic heterocycles. The van der Waals surface area contributed by atoms with Crippen molar-refractivity contribution in [2.45, 2.75) is 26.4 Å². The van der Waals surface area contributed by atoms with Crippen molar-refractivity contribution in [3.8, 4) is 0 Å². The Bertz CT molecular complexity index is 336. The summed E-state index contributed by atoms with van der Waals surface area (Å²) in [6.45, 7) is 5.06. The summed E-state index contributed by atoms with van der Waals surface area (Å²) in [5.74, 6) is 0. The molecule has 3 N–H and O–H groups in total. The van der Waals surface area contributed by atoms with Crippen LogP contribution in [-0.2, 0) is 11.8 Å². The molecule has 0 saturated heterocycles. The standard InChI is InChI=1S/C11H21N3O2/c1-8-11(9(2)14(3)13-8)10(7-12)16-6-4-5-15/h10,15H,4-7,12H2,1-3H3. The van der Waals surface area contributed by atoms with Gasteiger partial charge in [0.15, 0.2) is 0 Å². The zero-order chi connectivity index (χ0) is 12.1. The van der Waals surface area contributed by atoms with E-state index >= 15 is 0 Å². The number of hydrogen-bond donors (Lipinski definition) is 2. The van der Waals surface area contributed by atoms with Gasteiger partial charge in [0, 0.05) is 38.1 Å². The lowest BCUT2D eigenvalue weighted by molar-refractivity contribution is 0.0481. The first kappa shape index (κ1) is 13.2. The second-order valence-electron chi connectivity index (χ2n) is 3.88. The van der Waals surface area contributed by atoms with E-state index in [9.17, 15) is 0 Å². The first-order valence-corrected chi connectivity index (χ1v) is 5.54. The Morgan fingerprint density at radius 3 is 2.62 bits per heavy atom. The minimum Gasteiger partial charge on any atom is -0.396 e. The van der Waals surface area contributed by atoms with Crippen molar-refractivity contribution in [1.29, 1.82) is 0 Å². The molecular formula is C11H21N3O2. The number of rotatable bonds is 6. The van der Waals surface area contributed by atoms with Crippen LogP contribution in [0.1, 0.15) is 29.5 Å². The largest absolute Gasteiger partial charge is 0.396 e. The quantitative estimate of drug-likeness (QED) is 0.691. The second-order valence-corrected chi connectivity index (χ2v) is 3.88. The first-order valence-electron chi connectivity index (χ1n) is 5.54. The van der Waals surface area contributed by atoms with E-state index in [0.717, 1.165) is 17.0 Å². The van der Waals surface area contributed by atoms with E-state index in [1.807, 2.05) is 25.6 Å². The molecule has 1 unspecified atom stereocenters. The maximum absolute atomic E-state index is 8.71. The fraction of sp³-hybridized carbons (Fsp3) is 0.727. The molecule has 16 heavy (non-hydrogen) atoms. The molecule has 5 heteroatoms. The number of aromatic nitrogens is 2. The lowest BCUT2D eigenvalue weighted by Gasteiger charge is -2.16. The highest BCUT2D eigenvalue weighted by atomic mass is 16.5. The van der Waals surface area contributed by atoms with Gasteiger partial charge in [-0.2, -0.15) is 5.10 Å². The number of hydrogen-bond acceptors (Lipinski definition) is 4. The van der Waals surface area contributed by atoms with Gasteiger partial charge >= 0.3 is 0 Å². The van der Waals surface area contributed by atoms with Crippen LogP contribution in [0.2, 0.25) is 0 Å². The van der Waals surface area contributed by atoms with E-state index < -0.39 is 0 Å². The molecule has 1 atom stereocenters. The molecule has 0 bridgehead atoms. The molecule has 0 aliphatic carbocycles. The van der Waals surface area contributed by atoms with Crippen LogP contribution in [0.4, 0.5) is 0 Å². The lowest BCUT2D eigenvalue weighted by atomic mass is 10.1. The molecule has 5 nitrogen and oxygen atoms in total. The van der Waals surface area contributed by atoms with Gasteiger partial charge < -0.3 is 15.6 Å². The van der Waals surface area contributed by atoms with E-state index in [1.54, 1.807) is 0 Å². The highest BCUT2D eigenvalue weighted by Crippen LogP contribution is 2.23. The van der Waals surface area contributed by atoms with Crippen LogP contribution in [0.5, 0.6) is 0 Å². The monoisotopic (exact) mass is 227 g/mol. The summed E-state index contributed by atoms with van der Waals surface area (Å²) in [4.78, 5) is 0. The number of ether oxygens (including phenoxy) is 1. The Balaban J connectivity index is 2.78. The molecule has 0 aromatic carbocycles. The van der Waals surface area contributed by atoms with Crippen LogP contribution in [0.15, 0.2) is 0 Å². The van der Waals surface area contributed by atoms with Crippen molar-refractivity contribution in [3.05, 3.63) is 17.0 Å². The van der Waals surface area contributed by atoms with Gasteiger partial charge in [-0.25, -0.2) is 0 Å². The van der Waals surface area contributed by atoms with Gasteiger partial charge in [-0.05, 0) is 20.3 Å². The smallest absolute Gasteiger partial charge is 0.0982 e. The Morgan fingerprint density at radius 2 is 2.19 bits per heavy atom. The summed E-state index contributed by atoms with van der Waals surface area (Å²) in [7, 11) is 1.91. The number of nitrogens with zero attached hydrogens (tertiary/aromatic N) is 2. The van der Waals surface area contributed by atoms with E-state index in [1.165, 1.54) is 0 Å². The SMILES string of the molecule is Cc1nn(C)c(C)c1C(CN)OCCCO. The highest BCUT2D eigenvalue weighted by Gasteiger charge is 2.19. The van der Waals surface area contributed by atoms with Crippen LogP contribution in [0, 0.1) is 13.8 Å². The molecule has 0 amide bonds. The van der Waals surface area contributed by atoms with Crippen LogP contribution < -0.4 is 5.73 Å². The van der Waals surface area contributed by atoms with Crippen LogP contribution in [-0.4, -0.2) is 34.6 Å². The minimum atomic E-state index is -0.125. The zero-order valence-electron chi connectivity index (χ0n) is 10.2. The summed E-state index contributed by atoms with van der Waals surface area (Å²) in [5.41, 5.74) is 8.82. The van der Waals surface area contributed by atoms with Crippen molar-refractivity contribution in [3.63, 3.8) is 0 Å². The highest BCUT2D eigenvalue weighted by molar-refractivity contribution is 5.27. The van der Waals surface area contributed by atoms with Crippen molar-refractivity contribution < 1.29 is 9.84 Å². The van der Waals surface area contributed by atoms with Crippen LogP contribution in [0.25, 0.3) is 0 Å². The van der Waals surface area contributed by atoms with E-state index in [4.69, 9.17) is 15.6 Å². The average Bonchev–Trinajstić information content (AvgIpc) is 2.50. The number of aliphatic hydroxyl groups excluding tert-OH is 1. The van der Waals surface area contributed by atoms with E-state index in [-0.39, 0.29) is 12.7 Å². The van der Waals surface area contributed by atoms with Crippen LogP contribution >= 0.6 is 0 Å². The predicted octanol–water partition coefficient (Wildman–Crippen LogP) is 0.436. The summed E-state index contributed by atoms with van der Waals surface area (Å²) in [5, 5.41) is 13.0. The third-order valence-corrected chi connectivity index (χ3v) is 2.72. The number of aryl methyl sites for hydroxylation is 2. The fourth-order valence-electron chi connectivity index (χ4n) is 1.82. The van der Waals surface area contributed by atoms with Gasteiger partial charge in [0.25, 0.3) is 0 Å². The maximum atomic E-state index is 8.71. The molecule has 0 fully saturated rings. The van der Waals surface area contributed by atoms with Gasteiger partial charge in [0.05, 0.1) is 11.8 Å². The topological polar surface area (TPSA) is 73.3 Å². The summed E-state index contributed by atoms with van der Waals surface area (Å²) >= 11 is 0. The second kappa shape index (κ2) is 5.98. The van der Waals surface area contributed by atoms with E-state index in [2.05, 4.69) is 5.10 Å². The molecule has 0 radical (unpaired) electrons. The molecule has 0 aliphatic rings. The molecule has 1 rings (SSSR count). The van der Waals surface area contributed by atoms with Crippen molar-refractivity contribution in [2.24, 2.45) is 12.8 Å². The average molecular weight is 227 g/mol. The van der Waals surface area contributed by atoms with Gasteiger partial charge in [-0.3, -0.25) is 4.68 Å². The van der Waals surface area contributed by atoms with E-state index in [0.29, 0.717) is 19.6 Å². The summed E-state index contributed by atoms with van der Waals surface area (Å²) < 4.78 is 7.49. The predicted molar refractivity (Wildman–Crippen MR) is 62.1 cm³/mol. The molecule has 1 aromatic rings. The van der Waals surface area contributed by atoms with Gasteiger partial charge in [0.2, 0.25) is 0 Å². The van der Waals surface area contributed by atoms with Crippen LogP contribution in [0.3, 0.4) is 0 Å². The number of nitrogens with two attached hydrogens (primary N) is 1. The maximum Gasteiger partial charge on any atom is 0.0982 e. The molecule has 0 spiro atoms. The molecule has 92 valence electrons. The molecule has 1 heterocycles. The third kappa shape index (κ3) is 2.81. The number of aliphatic hydroxyl groups is 1. The Kier molecular flexibility index (Phi) is 4.92. The normalized spacial score (nSPS) is 13.1. The van der Waals surface area contributed by atoms with Gasteiger partial charge in [-0.1, -0.05) is 0 Å². The first-order chi connectivity index (χ1) is 7.61. The Morgan fingerprint density at radius 1 is 1.50 bits per heavy atom. The molecule has 1 aromatic heterocycles. The third-order valence-electron chi connectivity index (χ3n) is 2.72. The van der Waals surface area contributed by atoms with Crippen molar-refractivity contribution in [1.82, 2.24) is 9.78 Å². The van der Waals surface area contributed by atoms with Gasteiger partial charge in [0.1, 0.15) is 0 Å². The molecule has 0 saturated carbocycles. The minimum absolute atomic E-state index is 0.125. The molecular weight excluding hydrogens is 206 g/mol. The van der Waals surface area contributed by atoms with Gasteiger partial charge in [-0.15, -0.1) is 0 Å². The zero-order valence-corrected chi connectivity index (χ0v) is 10.2. The fourth-order valence-corrected chi connectivity index (χ4v) is 1.82. The summed E-state index contributed by atoms with van der Waals surface area (Å²) in [6, 6.07) is 0. The van der Waals surface area contributed by atoms with Crippen molar-refractivity contribution in [2.75, 3.05) is 19.8 Å². The summed E-state index contributed by atoms with van der Waals surface area (Å²) in [6.07, 6.45) is 0.509. The van der Waals surface area contributed by atoms with Crippen molar-refractivity contribution >= 4 is 0 Å². The lowest BCUT2D eigenvalue weighted by Crippen LogP contribution is -2.18. The Hall–Kier alpha value is -0.910. The Labute approximate surface area is 96.2 Å².